The van der Waals surface area contributed by atoms with Crippen LogP contribution in [0.25, 0.3) is 0 Å². The second-order valence-corrected chi connectivity index (χ2v) is 4.83. The first kappa shape index (κ1) is 23.6. The summed E-state index contributed by atoms with van der Waals surface area (Å²) in [6, 6.07) is 0. The number of hydrogen-bond acceptors (Lipinski definition) is 2. The van der Waals surface area contributed by atoms with Crippen LogP contribution in [-0.2, 0) is 0 Å². The largest absolute Gasteiger partial charge is 0.331 e. The molecule has 3 N–H and O–H groups in total. The molecule has 1 fully saturated rings. The fraction of sp³-hybridized carbons (Fsp3) is 0.882. The molecule has 0 spiro atoms. The molecule has 0 radical (unpaired) electrons. The number of piperidine rings is 1. The van der Waals surface area contributed by atoms with Crippen molar-refractivity contribution in [3.63, 3.8) is 0 Å². The first-order chi connectivity index (χ1) is 9.21. The van der Waals surface area contributed by atoms with Gasteiger partial charge in [0.05, 0.1) is 0 Å². The summed E-state index contributed by atoms with van der Waals surface area (Å²) in [7, 11) is 0. The third kappa shape index (κ3) is 17.5. The summed E-state index contributed by atoms with van der Waals surface area (Å²) in [5.41, 5.74) is 4.85. The first-order valence-electron chi connectivity index (χ1n) is 7.95. The van der Waals surface area contributed by atoms with Crippen molar-refractivity contribution in [3.05, 3.63) is 0 Å². The topological polar surface area (TPSA) is 38.0 Å². The number of nitrogens with one attached hydrogen (secondary N) is 1. The van der Waals surface area contributed by atoms with Gasteiger partial charge in [-0.2, -0.15) is 0 Å². The van der Waals surface area contributed by atoms with Crippen LogP contribution in [0.1, 0.15) is 66.7 Å². The summed E-state index contributed by atoms with van der Waals surface area (Å²) >= 11 is 0. The molecule has 1 heterocycles. The van der Waals surface area contributed by atoms with E-state index < -0.39 is 0 Å². The molecule has 2 unspecified atom stereocenters. The molecule has 0 bridgehead atoms. The minimum absolute atomic E-state index is 0.750. The van der Waals surface area contributed by atoms with Gasteiger partial charge in [0.25, 0.3) is 0 Å². The van der Waals surface area contributed by atoms with E-state index in [0.29, 0.717) is 0 Å². The highest BCUT2D eigenvalue weighted by Crippen LogP contribution is 2.25. The van der Waals surface area contributed by atoms with E-state index in [2.05, 4.69) is 45.9 Å². The van der Waals surface area contributed by atoms with Crippen LogP contribution in [0.4, 0.5) is 0 Å². The number of terminal acetylenes is 1. The van der Waals surface area contributed by atoms with Gasteiger partial charge < -0.3 is 11.1 Å². The minimum Gasteiger partial charge on any atom is -0.331 e. The molecule has 0 amide bonds. The van der Waals surface area contributed by atoms with Crippen molar-refractivity contribution in [1.29, 1.82) is 0 Å². The highest BCUT2D eigenvalue weighted by atomic mass is 14.9. The van der Waals surface area contributed by atoms with Crippen molar-refractivity contribution < 1.29 is 0 Å². The van der Waals surface area contributed by atoms with E-state index in [1.807, 2.05) is 6.92 Å². The molecule has 0 saturated carbocycles. The zero-order valence-electron chi connectivity index (χ0n) is 14.0. The van der Waals surface area contributed by atoms with Gasteiger partial charge in [-0.1, -0.05) is 60.3 Å². The van der Waals surface area contributed by atoms with E-state index in [1.54, 1.807) is 0 Å². The van der Waals surface area contributed by atoms with Crippen LogP contribution in [-0.4, -0.2) is 19.6 Å². The lowest BCUT2D eigenvalue weighted by atomic mass is 9.82. The van der Waals surface area contributed by atoms with Crippen molar-refractivity contribution in [3.8, 4) is 12.8 Å². The Bertz CT molecular complexity index is 151. The van der Waals surface area contributed by atoms with Crippen molar-refractivity contribution >= 4 is 0 Å². The Morgan fingerprint density at radius 3 is 1.89 bits per heavy atom. The smallest absolute Gasteiger partial charge is 0.00180 e. The predicted molar refractivity (Wildman–Crippen MR) is 90.2 cm³/mol. The van der Waals surface area contributed by atoms with Crippen LogP contribution in [0, 0.1) is 24.7 Å². The minimum atomic E-state index is 0.750. The average molecular weight is 271 g/mol. The molecule has 116 valence electrons. The van der Waals surface area contributed by atoms with Gasteiger partial charge in [0.1, 0.15) is 0 Å². The van der Waals surface area contributed by atoms with E-state index >= 15 is 0 Å². The van der Waals surface area contributed by atoms with Crippen LogP contribution in [0.2, 0.25) is 0 Å². The van der Waals surface area contributed by atoms with E-state index in [9.17, 15) is 0 Å². The van der Waals surface area contributed by atoms with Crippen LogP contribution in [0.15, 0.2) is 0 Å². The summed E-state index contributed by atoms with van der Waals surface area (Å²) < 4.78 is 0. The molecular weight excluding hydrogens is 232 g/mol. The lowest BCUT2D eigenvalue weighted by Gasteiger charge is -2.31. The maximum absolute atomic E-state index is 4.85. The van der Waals surface area contributed by atoms with Crippen molar-refractivity contribution in [2.75, 3.05) is 19.6 Å². The van der Waals surface area contributed by atoms with Gasteiger partial charge in [-0.15, -0.1) is 12.8 Å². The Labute approximate surface area is 122 Å². The number of hydrogen-bond donors (Lipinski definition) is 2. The van der Waals surface area contributed by atoms with Crippen molar-refractivity contribution in [2.24, 2.45) is 17.6 Å². The molecule has 0 aliphatic carbocycles. The zero-order valence-corrected chi connectivity index (χ0v) is 14.0. The molecule has 1 rings (SSSR count). The van der Waals surface area contributed by atoms with Gasteiger partial charge >= 0.3 is 0 Å². The van der Waals surface area contributed by atoms with Gasteiger partial charge in [-0.3, -0.25) is 0 Å². The molecule has 2 nitrogen and oxygen atoms in total. The second kappa shape index (κ2) is 22.6. The van der Waals surface area contributed by atoms with Crippen molar-refractivity contribution in [1.82, 2.24) is 5.32 Å². The molecular formula is C17H38N2. The Hall–Kier alpha value is -0.520. The van der Waals surface area contributed by atoms with E-state index in [-0.39, 0.29) is 0 Å². The SMILES string of the molecule is C#C.CCC.CCCC1CCNCC1CC.CCN. The fourth-order valence-corrected chi connectivity index (χ4v) is 2.21. The Kier molecular flexibility index (Phi) is 28.1. The first-order valence-corrected chi connectivity index (χ1v) is 7.95. The summed E-state index contributed by atoms with van der Waals surface area (Å²) in [5.74, 6) is 1.98. The maximum Gasteiger partial charge on any atom is -0.00180 e. The molecule has 2 heteroatoms. The average Bonchev–Trinajstić information content (AvgIpc) is 2.44. The Morgan fingerprint density at radius 1 is 1.05 bits per heavy atom. The molecule has 0 aromatic rings. The van der Waals surface area contributed by atoms with Gasteiger partial charge in [0.15, 0.2) is 0 Å². The molecule has 1 aliphatic heterocycles. The monoisotopic (exact) mass is 270 g/mol. The standard InChI is InChI=1S/C10H21N.C3H8.C2H7N.C2H2/c1-3-5-10-6-7-11-8-9(10)4-2;1-3-2;1-2-3;1-2/h9-11H,3-8H2,1-2H3;3H2,1-2H3;2-3H2,1H3;1-2H. The van der Waals surface area contributed by atoms with E-state index in [1.165, 1.54) is 45.2 Å². The lowest BCUT2D eigenvalue weighted by molar-refractivity contribution is 0.233. The molecule has 19 heavy (non-hydrogen) atoms. The second-order valence-electron chi connectivity index (χ2n) is 4.83. The maximum atomic E-state index is 4.85. The Morgan fingerprint density at radius 2 is 1.53 bits per heavy atom. The van der Waals surface area contributed by atoms with E-state index in [0.717, 1.165) is 18.4 Å². The molecule has 1 aliphatic rings. The molecule has 2 atom stereocenters. The quantitative estimate of drug-likeness (QED) is 0.759. The van der Waals surface area contributed by atoms with Crippen molar-refractivity contribution in [2.45, 2.75) is 66.7 Å². The zero-order chi connectivity index (χ0) is 15.5. The summed E-state index contributed by atoms with van der Waals surface area (Å²) in [6.45, 7) is 14.0. The third-order valence-corrected chi connectivity index (χ3v) is 2.95. The lowest BCUT2D eigenvalue weighted by Crippen LogP contribution is -2.36. The summed E-state index contributed by atoms with van der Waals surface area (Å²) in [4.78, 5) is 0. The fourth-order valence-electron chi connectivity index (χ4n) is 2.21. The summed E-state index contributed by atoms with van der Waals surface area (Å²) in [5, 5.41) is 3.47. The third-order valence-electron chi connectivity index (χ3n) is 2.95. The highest BCUT2D eigenvalue weighted by Gasteiger charge is 2.21. The predicted octanol–water partition coefficient (Wildman–Crippen LogP) is 4.05. The van der Waals surface area contributed by atoms with Crippen LogP contribution < -0.4 is 11.1 Å². The van der Waals surface area contributed by atoms with Gasteiger partial charge in [-0.25, -0.2) is 0 Å². The van der Waals surface area contributed by atoms with Crippen LogP contribution in [0.5, 0.6) is 0 Å². The van der Waals surface area contributed by atoms with Crippen LogP contribution in [0.3, 0.4) is 0 Å². The summed E-state index contributed by atoms with van der Waals surface area (Å²) in [6.07, 6.45) is 14.8. The normalized spacial score (nSPS) is 20.6. The number of rotatable bonds is 3. The van der Waals surface area contributed by atoms with Gasteiger partial charge in [0.2, 0.25) is 0 Å². The number of nitrogens with two attached hydrogens (primary N) is 1. The Balaban J connectivity index is -0.000000269. The highest BCUT2D eigenvalue weighted by molar-refractivity contribution is 4.76. The molecule has 1 saturated heterocycles. The van der Waals surface area contributed by atoms with E-state index in [4.69, 9.17) is 5.73 Å². The van der Waals surface area contributed by atoms with Gasteiger partial charge in [0, 0.05) is 0 Å². The molecule has 0 aromatic carbocycles. The van der Waals surface area contributed by atoms with Crippen LogP contribution >= 0.6 is 0 Å². The molecule has 0 aromatic heterocycles. The van der Waals surface area contributed by atoms with Gasteiger partial charge in [-0.05, 0) is 37.9 Å².